The normalized spacial score (nSPS) is 32.0. The van der Waals surface area contributed by atoms with Gasteiger partial charge in [-0.1, -0.05) is 54.7 Å². The van der Waals surface area contributed by atoms with E-state index in [0.29, 0.717) is 0 Å². The van der Waals surface area contributed by atoms with Gasteiger partial charge in [-0.2, -0.15) is 0 Å². The van der Waals surface area contributed by atoms with E-state index in [1.165, 1.54) is 0 Å². The van der Waals surface area contributed by atoms with E-state index in [0.717, 1.165) is 0 Å². The van der Waals surface area contributed by atoms with Crippen LogP contribution in [0.1, 0.15) is 0 Å². The predicted molar refractivity (Wildman–Crippen MR) is 68.2 cm³/mol. The Bertz CT molecular complexity index is 253. The topological polar surface area (TPSA) is 37.1 Å². The first-order valence-electron chi connectivity index (χ1n) is 4.92. The predicted octanol–water partition coefficient (Wildman–Crippen LogP) is 3.73. The molecule has 1 aliphatic rings. The van der Waals surface area contributed by atoms with Gasteiger partial charge in [0.25, 0.3) is 0 Å². The second kappa shape index (κ2) is 9.27. The maximum atomic E-state index is 3.71. The Morgan fingerprint density at radius 3 is 1.62 bits per heavy atom. The van der Waals surface area contributed by atoms with Gasteiger partial charge in [0.2, 0.25) is 0 Å². The average molecular weight is 211 g/mol. The second-order valence-electron chi connectivity index (χ2n) is 2.74. The van der Waals surface area contributed by atoms with E-state index >= 15 is 0 Å². The minimum absolute atomic E-state index is 1.58. The van der Waals surface area contributed by atoms with Crippen LogP contribution in [-0.4, -0.2) is 6.21 Å². The third-order valence-corrected chi connectivity index (χ3v) is 1.52. The molecule has 1 heterocycles. The molecule has 0 N–H and O–H groups in total. The van der Waals surface area contributed by atoms with Gasteiger partial charge in [0.1, 0.15) is 0 Å². The third kappa shape index (κ3) is 7.15. The summed E-state index contributed by atoms with van der Waals surface area (Å²) >= 11 is 0. The molecule has 3 heteroatoms. The highest BCUT2D eigenvalue weighted by molar-refractivity contribution is 5.71. The summed E-state index contributed by atoms with van der Waals surface area (Å²) in [6, 6.07) is 0. The quantitative estimate of drug-likeness (QED) is 0.585. The monoisotopic (exact) mass is 211 g/mol. The zero-order valence-electron chi connectivity index (χ0n) is 8.85. The lowest BCUT2D eigenvalue weighted by molar-refractivity contribution is 1.06. The molecule has 0 aromatic rings. The van der Waals surface area contributed by atoms with Gasteiger partial charge in [0.15, 0.2) is 0 Å². The van der Waals surface area contributed by atoms with Crippen molar-refractivity contribution < 1.29 is 0 Å². The van der Waals surface area contributed by atoms with E-state index in [-0.39, 0.29) is 0 Å². The van der Waals surface area contributed by atoms with E-state index in [1.54, 1.807) is 24.6 Å². The Hall–Kier alpha value is -2.29. The van der Waals surface area contributed by atoms with Crippen LogP contribution in [0.15, 0.2) is 88.5 Å². The molecule has 0 atom stereocenters. The Morgan fingerprint density at radius 2 is 1.00 bits per heavy atom. The molecule has 1 aliphatic heterocycles. The van der Waals surface area contributed by atoms with Crippen molar-refractivity contribution in [2.24, 2.45) is 15.4 Å². The van der Waals surface area contributed by atoms with Crippen LogP contribution >= 0.6 is 0 Å². The van der Waals surface area contributed by atoms with E-state index in [4.69, 9.17) is 0 Å². The number of rotatable bonds is 0. The summed E-state index contributed by atoms with van der Waals surface area (Å²) in [5.74, 6) is 0. The minimum atomic E-state index is 1.58. The van der Waals surface area contributed by atoms with Gasteiger partial charge in [-0.15, -0.1) is 10.2 Å². The molecule has 1 rings (SSSR count). The molecular formula is C13H13N3. The van der Waals surface area contributed by atoms with Gasteiger partial charge in [-0.3, -0.25) is 0 Å². The van der Waals surface area contributed by atoms with E-state index in [2.05, 4.69) is 15.4 Å². The van der Waals surface area contributed by atoms with Crippen molar-refractivity contribution in [3.05, 3.63) is 73.0 Å². The van der Waals surface area contributed by atoms with Crippen molar-refractivity contribution in [2.75, 3.05) is 0 Å². The molecule has 0 unspecified atom stereocenters. The van der Waals surface area contributed by atoms with Crippen molar-refractivity contribution in [1.29, 1.82) is 0 Å². The molecule has 0 spiro atoms. The second-order valence-corrected chi connectivity index (χ2v) is 2.74. The van der Waals surface area contributed by atoms with Crippen LogP contribution in [0.3, 0.4) is 0 Å². The molecule has 0 saturated carbocycles. The SMILES string of the molecule is C1=C\C=C\C=C\N=N\N=C\C=C/C=C/C=C/1. The first-order chi connectivity index (χ1) is 8.00. The summed E-state index contributed by atoms with van der Waals surface area (Å²) in [5, 5.41) is 11.0. The lowest BCUT2D eigenvalue weighted by Gasteiger charge is -1.76. The van der Waals surface area contributed by atoms with Crippen LogP contribution in [0.25, 0.3) is 0 Å². The molecule has 0 amide bonds. The maximum absolute atomic E-state index is 3.71. The standard InChI is InChI=1S/C13H13N3/c1-2-4-6-8-10-12-14-16-15-13-11-9-7-5-3-1/h1-13H/b2-1+,3-1?,4-2?,5-3-,6-4+,7-5?,8-6?,9-7+,10-8-,11-9?,12-10?,13-11+,14-12+,15-13?,16-14?,16-15+. The maximum Gasteiger partial charge on any atom is 0.0513 e. The summed E-state index contributed by atoms with van der Waals surface area (Å²) < 4.78 is 0. The summed E-state index contributed by atoms with van der Waals surface area (Å²) in [4.78, 5) is 0. The van der Waals surface area contributed by atoms with Crippen molar-refractivity contribution >= 4 is 6.21 Å². The van der Waals surface area contributed by atoms with Crippen molar-refractivity contribution in [3.63, 3.8) is 0 Å². The molecule has 0 aromatic carbocycles. The van der Waals surface area contributed by atoms with Gasteiger partial charge < -0.3 is 0 Å². The third-order valence-electron chi connectivity index (χ3n) is 1.52. The molecule has 0 bridgehead atoms. The van der Waals surface area contributed by atoms with E-state index in [9.17, 15) is 0 Å². The van der Waals surface area contributed by atoms with Crippen molar-refractivity contribution in [3.8, 4) is 0 Å². The first-order valence-corrected chi connectivity index (χ1v) is 4.92. The zero-order chi connectivity index (χ0) is 11.3. The zero-order valence-corrected chi connectivity index (χ0v) is 8.85. The fourth-order valence-electron chi connectivity index (χ4n) is 0.843. The van der Waals surface area contributed by atoms with Crippen LogP contribution in [0, 0.1) is 0 Å². The van der Waals surface area contributed by atoms with Crippen molar-refractivity contribution in [1.82, 2.24) is 0 Å². The lowest BCUT2D eigenvalue weighted by Crippen LogP contribution is -1.60. The Labute approximate surface area is 95.3 Å². The minimum Gasteiger partial charge on any atom is -0.139 e. The smallest absolute Gasteiger partial charge is 0.0513 e. The molecule has 0 saturated heterocycles. The van der Waals surface area contributed by atoms with Crippen LogP contribution < -0.4 is 0 Å². The molecule has 3 nitrogen and oxygen atoms in total. The molecule has 0 aromatic heterocycles. The van der Waals surface area contributed by atoms with Crippen LogP contribution in [-0.2, 0) is 0 Å². The number of nitrogens with zero attached hydrogens (tertiary/aromatic N) is 3. The summed E-state index contributed by atoms with van der Waals surface area (Å²) in [5.41, 5.74) is 0. The summed E-state index contributed by atoms with van der Waals surface area (Å²) in [6.07, 6.45) is 24.0. The molecule has 0 radical (unpaired) electrons. The summed E-state index contributed by atoms with van der Waals surface area (Å²) in [7, 11) is 0. The van der Waals surface area contributed by atoms with Gasteiger partial charge in [-0.25, -0.2) is 0 Å². The first kappa shape index (κ1) is 11.8. The summed E-state index contributed by atoms with van der Waals surface area (Å²) in [6.45, 7) is 0. The average Bonchev–Trinajstić information content (AvgIpc) is 2.29. The van der Waals surface area contributed by atoms with Crippen LogP contribution in [0.4, 0.5) is 0 Å². The highest BCUT2D eigenvalue weighted by Crippen LogP contribution is 1.86. The molecular weight excluding hydrogens is 198 g/mol. The Balaban J connectivity index is 2.67. The van der Waals surface area contributed by atoms with E-state index < -0.39 is 0 Å². The Morgan fingerprint density at radius 1 is 0.500 bits per heavy atom. The Kier molecular flexibility index (Phi) is 6.83. The largest absolute Gasteiger partial charge is 0.139 e. The van der Waals surface area contributed by atoms with Gasteiger partial charge in [0.05, 0.1) is 12.4 Å². The number of hydrogen-bond donors (Lipinski definition) is 0. The van der Waals surface area contributed by atoms with Crippen LogP contribution in [0.2, 0.25) is 0 Å². The van der Waals surface area contributed by atoms with Gasteiger partial charge >= 0.3 is 0 Å². The van der Waals surface area contributed by atoms with Gasteiger partial charge in [0, 0.05) is 0 Å². The molecule has 16 heavy (non-hydrogen) atoms. The van der Waals surface area contributed by atoms with E-state index in [1.807, 2.05) is 54.7 Å². The highest BCUT2D eigenvalue weighted by atomic mass is 15.3. The molecule has 80 valence electrons. The molecule has 0 aliphatic carbocycles. The fourth-order valence-corrected chi connectivity index (χ4v) is 0.843. The highest BCUT2D eigenvalue weighted by Gasteiger charge is 1.67. The number of hydrogen-bond acceptors (Lipinski definition) is 3. The lowest BCUT2D eigenvalue weighted by atomic mass is 10.3. The van der Waals surface area contributed by atoms with Crippen molar-refractivity contribution in [2.45, 2.75) is 0 Å². The molecule has 0 fully saturated rings. The van der Waals surface area contributed by atoms with Gasteiger partial charge in [-0.05, 0) is 17.4 Å². The van der Waals surface area contributed by atoms with Crippen LogP contribution in [0.5, 0.6) is 0 Å². The fraction of sp³-hybridized carbons (Fsp3) is 0. The number of allylic oxidation sites excluding steroid dienone is 11.